The Balaban J connectivity index is 1.51. The molecule has 1 aromatic heterocycles. The quantitative estimate of drug-likeness (QED) is 0.756. The van der Waals surface area contributed by atoms with Crippen LogP contribution in [0.3, 0.4) is 0 Å². The van der Waals surface area contributed by atoms with Crippen LogP contribution in [0, 0.1) is 5.92 Å². The van der Waals surface area contributed by atoms with Gasteiger partial charge in [-0.1, -0.05) is 18.2 Å². The first kappa shape index (κ1) is 21.3. The SMILES string of the molecule is CS(=O)(=O)N1CCC(C(=O)N2CCC[C@@H]2Cc2c(C(N)=O)sc3ccccc23)CC1. The maximum Gasteiger partial charge on any atom is 0.259 e. The van der Waals surface area contributed by atoms with E-state index in [9.17, 15) is 18.0 Å². The van der Waals surface area contributed by atoms with Gasteiger partial charge in [0, 0.05) is 36.3 Å². The summed E-state index contributed by atoms with van der Waals surface area (Å²) >= 11 is 1.42. The first-order chi connectivity index (χ1) is 14.3. The molecule has 30 heavy (non-hydrogen) atoms. The molecule has 0 radical (unpaired) electrons. The minimum atomic E-state index is -3.21. The molecule has 2 N–H and O–H groups in total. The first-order valence-electron chi connectivity index (χ1n) is 10.3. The number of amides is 2. The zero-order valence-electron chi connectivity index (χ0n) is 17.0. The van der Waals surface area contributed by atoms with Crippen LogP contribution < -0.4 is 5.73 Å². The summed E-state index contributed by atoms with van der Waals surface area (Å²) in [6, 6.07) is 7.94. The Kier molecular flexibility index (Phi) is 5.87. The van der Waals surface area contributed by atoms with Gasteiger partial charge in [0.25, 0.3) is 5.91 Å². The van der Waals surface area contributed by atoms with Gasteiger partial charge < -0.3 is 10.6 Å². The number of thiophene rings is 1. The fraction of sp³-hybridized carbons (Fsp3) is 0.524. The summed E-state index contributed by atoms with van der Waals surface area (Å²) in [7, 11) is -3.21. The topological polar surface area (TPSA) is 101 Å². The average Bonchev–Trinajstić information content (AvgIpc) is 3.32. The summed E-state index contributed by atoms with van der Waals surface area (Å²) < 4.78 is 26.0. The molecule has 1 aromatic carbocycles. The predicted octanol–water partition coefficient (Wildman–Crippen LogP) is 2.21. The zero-order valence-corrected chi connectivity index (χ0v) is 18.7. The zero-order chi connectivity index (χ0) is 21.5. The normalized spacial score (nSPS) is 21.4. The van der Waals surface area contributed by atoms with Gasteiger partial charge >= 0.3 is 0 Å². The molecule has 3 heterocycles. The molecular weight excluding hydrogens is 422 g/mol. The lowest BCUT2D eigenvalue weighted by Crippen LogP contribution is -2.46. The second-order valence-corrected chi connectivity index (χ2v) is 11.3. The number of nitrogens with zero attached hydrogens (tertiary/aromatic N) is 2. The van der Waals surface area contributed by atoms with Gasteiger partial charge in [-0.15, -0.1) is 11.3 Å². The van der Waals surface area contributed by atoms with Crippen LogP contribution in [0.4, 0.5) is 0 Å². The number of carbonyl (C=O) groups is 2. The van der Waals surface area contributed by atoms with E-state index in [0.29, 0.717) is 43.8 Å². The largest absolute Gasteiger partial charge is 0.365 e. The number of fused-ring (bicyclic) bond motifs is 1. The molecule has 0 unspecified atom stereocenters. The summed E-state index contributed by atoms with van der Waals surface area (Å²) in [6.07, 6.45) is 4.79. The van der Waals surface area contributed by atoms with Gasteiger partial charge in [-0.2, -0.15) is 0 Å². The van der Waals surface area contributed by atoms with Crippen LogP contribution in [-0.2, 0) is 21.2 Å². The number of rotatable bonds is 5. The van der Waals surface area contributed by atoms with Crippen molar-refractivity contribution in [2.24, 2.45) is 11.7 Å². The number of likely N-dealkylation sites (tertiary alicyclic amines) is 1. The van der Waals surface area contributed by atoms with Crippen molar-refractivity contribution in [3.8, 4) is 0 Å². The number of carbonyl (C=O) groups excluding carboxylic acids is 2. The highest BCUT2D eigenvalue weighted by atomic mass is 32.2. The van der Waals surface area contributed by atoms with Gasteiger partial charge in [0.1, 0.15) is 0 Å². The highest BCUT2D eigenvalue weighted by Crippen LogP contribution is 2.35. The van der Waals surface area contributed by atoms with Gasteiger partial charge in [0.05, 0.1) is 11.1 Å². The molecule has 0 aliphatic carbocycles. The third-order valence-corrected chi connectivity index (χ3v) is 8.83. The molecule has 2 aliphatic rings. The number of hydrogen-bond donors (Lipinski definition) is 1. The van der Waals surface area contributed by atoms with Gasteiger partial charge in [-0.25, -0.2) is 12.7 Å². The van der Waals surface area contributed by atoms with Crippen molar-refractivity contribution in [2.75, 3.05) is 25.9 Å². The molecule has 2 amide bonds. The van der Waals surface area contributed by atoms with E-state index in [0.717, 1.165) is 28.5 Å². The minimum Gasteiger partial charge on any atom is -0.365 e. The Bertz CT molecular complexity index is 1070. The monoisotopic (exact) mass is 449 g/mol. The molecule has 2 aliphatic heterocycles. The van der Waals surface area contributed by atoms with Crippen LogP contribution in [0.15, 0.2) is 24.3 Å². The second-order valence-electron chi connectivity index (χ2n) is 8.24. The Morgan fingerprint density at radius 3 is 2.50 bits per heavy atom. The van der Waals surface area contributed by atoms with Gasteiger partial charge in [-0.05, 0) is 49.1 Å². The Morgan fingerprint density at radius 1 is 1.13 bits per heavy atom. The second kappa shape index (κ2) is 8.28. The van der Waals surface area contributed by atoms with Crippen LogP contribution in [0.25, 0.3) is 10.1 Å². The van der Waals surface area contributed by atoms with Gasteiger partial charge in [0.15, 0.2) is 0 Å². The molecule has 162 valence electrons. The minimum absolute atomic E-state index is 0.0431. The van der Waals surface area contributed by atoms with E-state index in [2.05, 4.69) is 0 Å². The summed E-state index contributed by atoms with van der Waals surface area (Å²) in [6.45, 7) is 1.51. The molecule has 1 atom stereocenters. The van der Waals surface area contributed by atoms with E-state index in [1.54, 1.807) is 0 Å². The van der Waals surface area contributed by atoms with Crippen molar-refractivity contribution in [1.82, 2.24) is 9.21 Å². The van der Waals surface area contributed by atoms with Crippen molar-refractivity contribution in [3.63, 3.8) is 0 Å². The number of piperidine rings is 1. The Labute approximate surface area is 180 Å². The van der Waals surface area contributed by atoms with Gasteiger partial charge in [0.2, 0.25) is 15.9 Å². The number of sulfonamides is 1. The Morgan fingerprint density at radius 2 is 1.83 bits per heavy atom. The standard InChI is InChI=1S/C21H27N3O4S2/c1-30(27,28)23-11-8-14(9-12-23)21(26)24-10-4-5-15(24)13-17-16-6-2-3-7-18(16)29-19(17)20(22)25/h2-3,6-7,14-15H,4-5,8-13H2,1H3,(H2,22,25)/t15-/m1/s1. The van der Waals surface area contributed by atoms with E-state index in [4.69, 9.17) is 5.73 Å². The van der Waals surface area contributed by atoms with Crippen LogP contribution >= 0.6 is 11.3 Å². The van der Waals surface area contributed by atoms with Crippen LogP contribution in [0.5, 0.6) is 0 Å². The van der Waals surface area contributed by atoms with E-state index in [-0.39, 0.29) is 17.9 Å². The molecule has 7 nitrogen and oxygen atoms in total. The first-order valence-corrected chi connectivity index (χ1v) is 13.0. The molecule has 2 aromatic rings. The molecule has 2 saturated heterocycles. The number of primary amides is 1. The third-order valence-electron chi connectivity index (χ3n) is 6.29. The van der Waals surface area contributed by atoms with Crippen LogP contribution in [-0.4, -0.2) is 61.4 Å². The van der Waals surface area contributed by atoms with E-state index >= 15 is 0 Å². The maximum atomic E-state index is 13.2. The number of hydrogen-bond acceptors (Lipinski definition) is 5. The van der Waals surface area contributed by atoms with Crippen LogP contribution in [0.1, 0.15) is 40.9 Å². The summed E-state index contributed by atoms with van der Waals surface area (Å²) in [5.74, 6) is -0.445. The fourth-order valence-electron chi connectivity index (χ4n) is 4.74. The molecule has 2 fully saturated rings. The molecule has 0 spiro atoms. The lowest BCUT2D eigenvalue weighted by Gasteiger charge is -2.34. The molecular formula is C21H27N3O4S2. The summed E-state index contributed by atoms with van der Waals surface area (Å²) in [5.41, 5.74) is 6.59. The lowest BCUT2D eigenvalue weighted by molar-refractivity contribution is -0.137. The maximum absolute atomic E-state index is 13.2. The van der Waals surface area contributed by atoms with Crippen molar-refractivity contribution >= 4 is 43.3 Å². The molecule has 0 bridgehead atoms. The van der Waals surface area contributed by atoms with E-state index < -0.39 is 15.9 Å². The fourth-order valence-corrected chi connectivity index (χ4v) is 6.70. The predicted molar refractivity (Wildman–Crippen MR) is 118 cm³/mol. The highest BCUT2D eigenvalue weighted by molar-refractivity contribution is 7.88. The highest BCUT2D eigenvalue weighted by Gasteiger charge is 2.36. The molecule has 9 heteroatoms. The third kappa shape index (κ3) is 4.10. The lowest BCUT2D eigenvalue weighted by atomic mass is 9.95. The Hall–Kier alpha value is -1.97. The van der Waals surface area contributed by atoms with Crippen LogP contribution in [0.2, 0.25) is 0 Å². The summed E-state index contributed by atoms with van der Waals surface area (Å²) in [4.78, 5) is 27.8. The van der Waals surface area contributed by atoms with Crippen molar-refractivity contribution in [1.29, 1.82) is 0 Å². The van der Waals surface area contributed by atoms with E-state index in [1.165, 1.54) is 21.9 Å². The van der Waals surface area contributed by atoms with E-state index in [1.807, 2.05) is 29.2 Å². The molecule has 4 rings (SSSR count). The van der Waals surface area contributed by atoms with Crippen molar-refractivity contribution in [3.05, 3.63) is 34.7 Å². The van der Waals surface area contributed by atoms with Crippen molar-refractivity contribution < 1.29 is 18.0 Å². The van der Waals surface area contributed by atoms with Gasteiger partial charge in [-0.3, -0.25) is 9.59 Å². The molecule has 0 saturated carbocycles. The number of benzene rings is 1. The average molecular weight is 450 g/mol. The van der Waals surface area contributed by atoms with Crippen molar-refractivity contribution in [2.45, 2.75) is 38.1 Å². The number of nitrogens with two attached hydrogens (primary N) is 1. The smallest absolute Gasteiger partial charge is 0.259 e. The summed E-state index contributed by atoms with van der Waals surface area (Å²) in [5, 5.41) is 1.04.